The summed E-state index contributed by atoms with van der Waals surface area (Å²) in [4.78, 5) is 14.9. The zero-order valence-electron chi connectivity index (χ0n) is 15.0. The fraction of sp³-hybridized carbons (Fsp3) is 0.190. The Morgan fingerprint density at radius 2 is 2.04 bits per heavy atom. The number of nitrogens with one attached hydrogen (secondary N) is 1. The predicted molar refractivity (Wildman–Crippen MR) is 106 cm³/mol. The lowest BCUT2D eigenvalue weighted by Gasteiger charge is -2.13. The first-order valence-electron chi connectivity index (χ1n) is 8.51. The van der Waals surface area contributed by atoms with Crippen molar-refractivity contribution in [3.63, 3.8) is 0 Å². The molecule has 3 rings (SSSR count). The Kier molecular flexibility index (Phi) is 5.58. The standard InChI is InChI=1S/C21H18ClN3O2/c1-4-15-6-5-14(8-18-7-13(2)21(26)25-24-18)9-20(15)27-19-11-16(22)10-17(12-19)23-3/h5-7,9-12H,4,8H2,1-2H3,(H,25,26). The largest absolute Gasteiger partial charge is 0.458 e. The van der Waals surface area contributed by atoms with Gasteiger partial charge in [0, 0.05) is 17.0 Å². The van der Waals surface area contributed by atoms with Gasteiger partial charge in [-0.3, -0.25) is 4.79 Å². The Morgan fingerprint density at radius 3 is 2.74 bits per heavy atom. The van der Waals surface area contributed by atoms with Crippen LogP contribution < -0.4 is 10.3 Å². The maximum atomic E-state index is 11.5. The van der Waals surface area contributed by atoms with Crippen molar-refractivity contribution < 1.29 is 4.74 Å². The molecule has 1 aromatic heterocycles. The Morgan fingerprint density at radius 1 is 1.22 bits per heavy atom. The van der Waals surface area contributed by atoms with Crippen LogP contribution in [0.25, 0.3) is 4.85 Å². The van der Waals surface area contributed by atoms with Crippen LogP contribution in [-0.4, -0.2) is 10.2 Å². The fourth-order valence-corrected chi connectivity index (χ4v) is 2.97. The van der Waals surface area contributed by atoms with Crippen LogP contribution in [0.15, 0.2) is 47.3 Å². The number of ether oxygens (including phenoxy) is 1. The number of halogens is 1. The van der Waals surface area contributed by atoms with E-state index in [1.165, 1.54) is 0 Å². The summed E-state index contributed by atoms with van der Waals surface area (Å²) in [6.45, 7) is 11.0. The van der Waals surface area contributed by atoms with Gasteiger partial charge in [-0.1, -0.05) is 30.7 Å². The molecule has 27 heavy (non-hydrogen) atoms. The van der Waals surface area contributed by atoms with Gasteiger partial charge in [-0.2, -0.15) is 5.10 Å². The first kappa shape index (κ1) is 18.7. The van der Waals surface area contributed by atoms with Crippen LogP contribution in [0.2, 0.25) is 5.02 Å². The number of rotatable bonds is 5. The average molecular weight is 380 g/mol. The molecule has 1 heterocycles. The molecule has 0 aliphatic rings. The average Bonchev–Trinajstić information content (AvgIpc) is 2.64. The number of aryl methyl sites for hydroxylation is 2. The van der Waals surface area contributed by atoms with Crippen molar-refractivity contribution in [1.82, 2.24) is 10.2 Å². The molecule has 0 unspecified atom stereocenters. The minimum Gasteiger partial charge on any atom is -0.458 e. The smallest absolute Gasteiger partial charge is 0.267 e. The molecule has 0 saturated carbocycles. The molecule has 2 aromatic carbocycles. The van der Waals surface area contributed by atoms with E-state index in [2.05, 4.69) is 22.0 Å². The highest BCUT2D eigenvalue weighted by molar-refractivity contribution is 6.31. The lowest BCUT2D eigenvalue weighted by atomic mass is 10.0. The second-order valence-corrected chi connectivity index (χ2v) is 6.64. The molecule has 0 fully saturated rings. The van der Waals surface area contributed by atoms with E-state index in [1.54, 1.807) is 31.2 Å². The van der Waals surface area contributed by atoms with Gasteiger partial charge in [-0.05, 0) is 54.8 Å². The molecule has 0 bridgehead atoms. The zero-order valence-corrected chi connectivity index (χ0v) is 15.8. The fourth-order valence-electron chi connectivity index (χ4n) is 2.75. The highest BCUT2D eigenvalue weighted by Crippen LogP contribution is 2.32. The van der Waals surface area contributed by atoms with E-state index in [4.69, 9.17) is 22.9 Å². The monoisotopic (exact) mass is 379 g/mol. The van der Waals surface area contributed by atoms with E-state index in [9.17, 15) is 4.79 Å². The van der Waals surface area contributed by atoms with Crippen molar-refractivity contribution in [2.24, 2.45) is 0 Å². The van der Waals surface area contributed by atoms with E-state index >= 15 is 0 Å². The number of benzene rings is 2. The molecule has 1 N–H and O–H groups in total. The summed E-state index contributed by atoms with van der Waals surface area (Å²) in [5.74, 6) is 1.24. The minimum atomic E-state index is -0.180. The SMILES string of the molecule is [C-]#[N+]c1cc(Cl)cc(Oc2cc(Cc3cc(C)c(=O)[nH]n3)ccc2CC)c1. The molecule has 0 saturated heterocycles. The van der Waals surface area contributed by atoms with Crippen molar-refractivity contribution >= 4 is 17.3 Å². The van der Waals surface area contributed by atoms with Gasteiger partial charge in [0.2, 0.25) is 0 Å². The molecule has 0 atom stereocenters. The third-order valence-electron chi connectivity index (χ3n) is 4.15. The Hall–Kier alpha value is -3.10. The molecular formula is C21H18ClN3O2. The van der Waals surface area contributed by atoms with Crippen LogP contribution in [0.4, 0.5) is 5.69 Å². The molecule has 0 aliphatic heterocycles. The maximum Gasteiger partial charge on any atom is 0.267 e. The van der Waals surface area contributed by atoms with E-state index in [-0.39, 0.29) is 5.56 Å². The summed E-state index contributed by atoms with van der Waals surface area (Å²) in [6.07, 6.45) is 1.38. The summed E-state index contributed by atoms with van der Waals surface area (Å²) >= 11 is 6.07. The van der Waals surface area contributed by atoms with Crippen molar-refractivity contribution in [3.8, 4) is 11.5 Å². The summed E-state index contributed by atoms with van der Waals surface area (Å²) in [6, 6.07) is 12.7. The second-order valence-electron chi connectivity index (χ2n) is 6.20. The van der Waals surface area contributed by atoms with E-state index in [0.29, 0.717) is 34.2 Å². The first-order valence-corrected chi connectivity index (χ1v) is 8.89. The van der Waals surface area contributed by atoms with E-state index in [0.717, 1.165) is 23.2 Å². The van der Waals surface area contributed by atoms with Crippen molar-refractivity contribution in [2.45, 2.75) is 26.7 Å². The highest BCUT2D eigenvalue weighted by Gasteiger charge is 2.09. The van der Waals surface area contributed by atoms with Crippen LogP contribution in [-0.2, 0) is 12.8 Å². The van der Waals surface area contributed by atoms with Crippen LogP contribution in [0, 0.1) is 13.5 Å². The van der Waals surface area contributed by atoms with E-state index in [1.807, 2.05) is 18.2 Å². The first-order chi connectivity index (χ1) is 13.0. The molecular weight excluding hydrogens is 362 g/mol. The van der Waals surface area contributed by atoms with Crippen LogP contribution in [0.3, 0.4) is 0 Å². The molecule has 0 radical (unpaired) electrons. The topological polar surface area (TPSA) is 59.3 Å². The van der Waals surface area contributed by atoms with Gasteiger partial charge in [0.1, 0.15) is 11.5 Å². The van der Waals surface area contributed by atoms with Gasteiger partial charge in [0.15, 0.2) is 5.69 Å². The molecule has 3 aromatic rings. The number of aromatic amines is 1. The zero-order chi connectivity index (χ0) is 19.4. The van der Waals surface area contributed by atoms with Gasteiger partial charge in [-0.15, -0.1) is 0 Å². The molecule has 0 aliphatic carbocycles. The van der Waals surface area contributed by atoms with Crippen molar-refractivity contribution in [2.75, 3.05) is 0 Å². The van der Waals surface area contributed by atoms with Gasteiger partial charge < -0.3 is 4.74 Å². The summed E-state index contributed by atoms with van der Waals surface area (Å²) in [5, 5.41) is 7.06. The van der Waals surface area contributed by atoms with Crippen molar-refractivity contribution in [3.05, 3.63) is 91.6 Å². The predicted octanol–water partition coefficient (Wildman–Crippen LogP) is 5.23. The van der Waals surface area contributed by atoms with Gasteiger partial charge in [0.05, 0.1) is 12.3 Å². The lowest BCUT2D eigenvalue weighted by Crippen LogP contribution is -2.12. The quantitative estimate of drug-likeness (QED) is 0.617. The number of nitrogens with zero attached hydrogens (tertiary/aromatic N) is 2. The molecule has 136 valence electrons. The van der Waals surface area contributed by atoms with Gasteiger partial charge >= 0.3 is 0 Å². The molecule has 0 spiro atoms. The Labute approximate surface area is 162 Å². The van der Waals surface area contributed by atoms with Gasteiger partial charge in [-0.25, -0.2) is 9.94 Å². The third-order valence-corrected chi connectivity index (χ3v) is 4.37. The van der Waals surface area contributed by atoms with Crippen LogP contribution >= 0.6 is 11.6 Å². The lowest BCUT2D eigenvalue weighted by molar-refractivity contribution is 0.476. The van der Waals surface area contributed by atoms with Crippen LogP contribution in [0.1, 0.15) is 29.3 Å². The Bertz CT molecular complexity index is 1080. The van der Waals surface area contributed by atoms with Crippen molar-refractivity contribution in [1.29, 1.82) is 0 Å². The minimum absolute atomic E-state index is 0.180. The molecule has 5 nitrogen and oxygen atoms in total. The normalized spacial score (nSPS) is 10.4. The Balaban J connectivity index is 1.91. The summed E-state index contributed by atoms with van der Waals surface area (Å²) in [7, 11) is 0. The maximum absolute atomic E-state index is 11.5. The summed E-state index contributed by atoms with van der Waals surface area (Å²) in [5.41, 5.74) is 3.72. The van der Waals surface area contributed by atoms with Gasteiger partial charge in [0.25, 0.3) is 5.56 Å². The molecule has 6 heteroatoms. The second kappa shape index (κ2) is 8.07. The highest BCUT2D eigenvalue weighted by atomic mass is 35.5. The number of H-pyrrole nitrogens is 1. The number of aromatic nitrogens is 2. The molecule has 0 amide bonds. The summed E-state index contributed by atoms with van der Waals surface area (Å²) < 4.78 is 6.04. The number of hydrogen-bond donors (Lipinski definition) is 1. The van der Waals surface area contributed by atoms with E-state index < -0.39 is 0 Å². The number of hydrogen-bond acceptors (Lipinski definition) is 3. The third kappa shape index (κ3) is 4.55. The van der Waals surface area contributed by atoms with Crippen LogP contribution in [0.5, 0.6) is 11.5 Å².